The average molecular weight is 221 g/mol. The maximum Gasteiger partial charge on any atom is 0.140 e. The average Bonchev–Trinajstić information content (AvgIpc) is 2.34. The van der Waals surface area contributed by atoms with Crippen molar-refractivity contribution >= 4 is 0 Å². The normalized spacial score (nSPS) is 12.1. The summed E-state index contributed by atoms with van der Waals surface area (Å²) in [6.45, 7) is 1.04. The van der Waals surface area contributed by atoms with Crippen LogP contribution in [0.2, 0.25) is 0 Å². The number of nitrogens with one attached hydrogen (secondary N) is 1. The summed E-state index contributed by atoms with van der Waals surface area (Å²) in [6.07, 6.45) is 1.60. The summed E-state index contributed by atoms with van der Waals surface area (Å²) >= 11 is 0. The van der Waals surface area contributed by atoms with Crippen LogP contribution in [-0.4, -0.2) is 36.5 Å². The molecule has 1 rings (SSSR count). The highest BCUT2D eigenvalue weighted by Crippen LogP contribution is 2.01. The number of nitriles is 1. The molecule has 0 saturated carbocycles. The van der Waals surface area contributed by atoms with E-state index in [1.165, 1.54) is 0 Å². The van der Waals surface area contributed by atoms with Gasteiger partial charge in [-0.3, -0.25) is 0 Å². The SMILES string of the molecule is COCC(CO)NCc1ccnc(C#N)c1. The number of methoxy groups -OCH3 is 1. The van der Waals surface area contributed by atoms with Gasteiger partial charge in [0.1, 0.15) is 11.8 Å². The van der Waals surface area contributed by atoms with E-state index in [1.807, 2.05) is 12.1 Å². The first-order chi connectivity index (χ1) is 7.80. The van der Waals surface area contributed by atoms with Gasteiger partial charge in [-0.15, -0.1) is 0 Å². The minimum Gasteiger partial charge on any atom is -0.395 e. The number of aliphatic hydroxyl groups is 1. The summed E-state index contributed by atoms with van der Waals surface area (Å²) in [5.41, 5.74) is 1.35. The van der Waals surface area contributed by atoms with Crippen LogP contribution in [0.25, 0.3) is 0 Å². The summed E-state index contributed by atoms with van der Waals surface area (Å²) in [5.74, 6) is 0. The first-order valence-electron chi connectivity index (χ1n) is 4.98. The van der Waals surface area contributed by atoms with Gasteiger partial charge >= 0.3 is 0 Å². The third kappa shape index (κ3) is 3.95. The van der Waals surface area contributed by atoms with Crippen molar-refractivity contribution in [3.63, 3.8) is 0 Å². The maximum atomic E-state index is 9.03. The van der Waals surface area contributed by atoms with Gasteiger partial charge in [0.15, 0.2) is 0 Å². The molecule has 1 aromatic heterocycles. The van der Waals surface area contributed by atoms with Crippen molar-refractivity contribution in [1.82, 2.24) is 10.3 Å². The van der Waals surface area contributed by atoms with E-state index in [0.29, 0.717) is 18.8 Å². The van der Waals surface area contributed by atoms with Crippen LogP contribution in [0.4, 0.5) is 0 Å². The standard InChI is InChI=1S/C11H15N3O2/c1-16-8-11(7-15)14-6-9-2-3-13-10(4-9)5-12/h2-4,11,14-15H,6-8H2,1H3. The minimum absolute atomic E-state index is 0.0179. The first kappa shape index (κ1) is 12.6. The molecule has 0 radical (unpaired) electrons. The van der Waals surface area contributed by atoms with E-state index in [2.05, 4.69) is 10.3 Å². The molecule has 16 heavy (non-hydrogen) atoms. The molecule has 1 atom stereocenters. The number of hydrogen-bond acceptors (Lipinski definition) is 5. The van der Waals surface area contributed by atoms with Gasteiger partial charge in [-0.2, -0.15) is 5.26 Å². The maximum absolute atomic E-state index is 9.03. The Morgan fingerprint density at radius 1 is 1.69 bits per heavy atom. The Labute approximate surface area is 94.7 Å². The number of pyridine rings is 1. The Kier molecular flexibility index (Phi) is 5.43. The van der Waals surface area contributed by atoms with Crippen LogP contribution in [0.15, 0.2) is 18.3 Å². The van der Waals surface area contributed by atoms with Crippen LogP contribution < -0.4 is 5.32 Å². The monoisotopic (exact) mass is 221 g/mol. The van der Waals surface area contributed by atoms with E-state index >= 15 is 0 Å². The Morgan fingerprint density at radius 2 is 2.50 bits per heavy atom. The van der Waals surface area contributed by atoms with Gasteiger partial charge < -0.3 is 15.2 Å². The predicted molar refractivity (Wildman–Crippen MR) is 58.5 cm³/mol. The lowest BCUT2D eigenvalue weighted by atomic mass is 10.2. The summed E-state index contributed by atoms with van der Waals surface area (Å²) < 4.78 is 4.94. The number of hydrogen-bond donors (Lipinski definition) is 2. The van der Waals surface area contributed by atoms with Gasteiger partial charge in [0.05, 0.1) is 19.3 Å². The molecule has 0 aromatic carbocycles. The smallest absolute Gasteiger partial charge is 0.140 e. The van der Waals surface area contributed by atoms with E-state index in [0.717, 1.165) is 5.56 Å². The van der Waals surface area contributed by atoms with E-state index in [-0.39, 0.29) is 12.6 Å². The fourth-order valence-electron chi connectivity index (χ4n) is 1.28. The van der Waals surface area contributed by atoms with Crippen molar-refractivity contribution in [2.24, 2.45) is 0 Å². The highest BCUT2D eigenvalue weighted by molar-refractivity contribution is 5.25. The van der Waals surface area contributed by atoms with E-state index in [4.69, 9.17) is 15.1 Å². The fourth-order valence-corrected chi connectivity index (χ4v) is 1.28. The highest BCUT2D eigenvalue weighted by atomic mass is 16.5. The molecular formula is C11H15N3O2. The van der Waals surface area contributed by atoms with Crippen LogP contribution >= 0.6 is 0 Å². The van der Waals surface area contributed by atoms with E-state index < -0.39 is 0 Å². The van der Waals surface area contributed by atoms with Crippen molar-refractivity contribution in [2.75, 3.05) is 20.3 Å². The predicted octanol–water partition coefficient (Wildman–Crippen LogP) is 0.0502. The van der Waals surface area contributed by atoms with Crippen molar-refractivity contribution in [1.29, 1.82) is 5.26 Å². The van der Waals surface area contributed by atoms with Crippen LogP contribution in [0, 0.1) is 11.3 Å². The fraction of sp³-hybridized carbons (Fsp3) is 0.455. The molecule has 0 aliphatic rings. The molecule has 0 aliphatic heterocycles. The third-order valence-corrected chi connectivity index (χ3v) is 2.12. The van der Waals surface area contributed by atoms with Crippen molar-refractivity contribution < 1.29 is 9.84 Å². The molecule has 1 unspecified atom stereocenters. The summed E-state index contributed by atoms with van der Waals surface area (Å²) in [4.78, 5) is 3.88. The van der Waals surface area contributed by atoms with Crippen molar-refractivity contribution in [3.05, 3.63) is 29.6 Å². The summed E-state index contributed by atoms with van der Waals surface area (Å²) in [5, 5.41) is 20.8. The molecule has 0 fully saturated rings. The molecule has 5 nitrogen and oxygen atoms in total. The topological polar surface area (TPSA) is 78.2 Å². The molecule has 5 heteroatoms. The molecule has 0 amide bonds. The number of ether oxygens (including phenoxy) is 1. The van der Waals surface area contributed by atoms with Crippen LogP contribution in [-0.2, 0) is 11.3 Å². The number of aliphatic hydroxyl groups excluding tert-OH is 1. The second-order valence-electron chi connectivity index (χ2n) is 3.38. The summed E-state index contributed by atoms with van der Waals surface area (Å²) in [7, 11) is 1.59. The van der Waals surface area contributed by atoms with Gasteiger partial charge in [-0.25, -0.2) is 4.98 Å². The number of aromatic nitrogens is 1. The Balaban J connectivity index is 2.50. The van der Waals surface area contributed by atoms with Gasteiger partial charge in [-0.1, -0.05) is 0 Å². The molecule has 0 bridgehead atoms. The molecule has 1 heterocycles. The van der Waals surface area contributed by atoms with Crippen molar-refractivity contribution in [2.45, 2.75) is 12.6 Å². The Morgan fingerprint density at radius 3 is 3.12 bits per heavy atom. The van der Waals surface area contributed by atoms with Gasteiger partial charge in [0.2, 0.25) is 0 Å². The molecule has 1 aromatic rings. The van der Waals surface area contributed by atoms with Crippen LogP contribution in [0.3, 0.4) is 0 Å². The van der Waals surface area contributed by atoms with Gasteiger partial charge in [0, 0.05) is 19.9 Å². The van der Waals surface area contributed by atoms with Gasteiger partial charge in [0.25, 0.3) is 0 Å². The largest absolute Gasteiger partial charge is 0.395 e. The zero-order chi connectivity index (χ0) is 11.8. The lowest BCUT2D eigenvalue weighted by Crippen LogP contribution is -2.35. The zero-order valence-corrected chi connectivity index (χ0v) is 9.18. The highest BCUT2D eigenvalue weighted by Gasteiger charge is 2.06. The second-order valence-corrected chi connectivity index (χ2v) is 3.38. The molecule has 0 aliphatic carbocycles. The van der Waals surface area contributed by atoms with E-state index in [1.54, 1.807) is 19.4 Å². The van der Waals surface area contributed by atoms with Crippen molar-refractivity contribution in [3.8, 4) is 6.07 Å². The lowest BCUT2D eigenvalue weighted by molar-refractivity contribution is 0.128. The van der Waals surface area contributed by atoms with Crippen LogP contribution in [0.1, 0.15) is 11.3 Å². The lowest BCUT2D eigenvalue weighted by Gasteiger charge is -2.14. The second kappa shape index (κ2) is 6.90. The molecule has 86 valence electrons. The first-order valence-corrected chi connectivity index (χ1v) is 4.98. The molecule has 2 N–H and O–H groups in total. The molecule has 0 saturated heterocycles. The van der Waals surface area contributed by atoms with Crippen LogP contribution in [0.5, 0.6) is 0 Å². The summed E-state index contributed by atoms with van der Waals surface area (Å²) in [6, 6.07) is 5.43. The van der Waals surface area contributed by atoms with E-state index in [9.17, 15) is 0 Å². The minimum atomic E-state index is -0.0938. The third-order valence-electron chi connectivity index (χ3n) is 2.12. The zero-order valence-electron chi connectivity index (χ0n) is 9.18. The Hall–Kier alpha value is -1.48. The number of rotatable bonds is 6. The van der Waals surface area contributed by atoms with Gasteiger partial charge in [-0.05, 0) is 17.7 Å². The molecular weight excluding hydrogens is 206 g/mol. The quantitative estimate of drug-likeness (QED) is 0.709. The number of nitrogens with zero attached hydrogens (tertiary/aromatic N) is 2. The molecule has 0 spiro atoms. The Bertz CT molecular complexity index is 362.